The molecule has 4 rings (SSSR count). The number of carbonyl (C=O) groups is 2. The second kappa shape index (κ2) is 10.9. The highest BCUT2D eigenvalue weighted by molar-refractivity contribution is 6.30. The molecule has 1 heterocycles. The standard InChI is InChI=1S/C27H25ClN4O3/c1-3-31(26(34)20-7-5-4-6-8-20)18-25(33)30-27-29-24(19-9-11-21(28)12-10-19)17-32(27)22-13-15-23(35-2)16-14-22/h4-17H,3,18H2,1-2H3,(H,29,30,33). The van der Waals surface area contributed by atoms with E-state index in [0.717, 1.165) is 17.0 Å². The van der Waals surface area contributed by atoms with Crippen LogP contribution in [0.4, 0.5) is 5.95 Å². The number of benzene rings is 3. The molecule has 178 valence electrons. The lowest BCUT2D eigenvalue weighted by atomic mass is 10.2. The molecule has 8 heteroatoms. The summed E-state index contributed by atoms with van der Waals surface area (Å²) in [5.41, 5.74) is 2.85. The minimum absolute atomic E-state index is 0.101. The van der Waals surface area contributed by atoms with Crippen LogP contribution >= 0.6 is 11.6 Å². The Morgan fingerprint density at radius 1 is 1.00 bits per heavy atom. The summed E-state index contributed by atoms with van der Waals surface area (Å²) in [6.45, 7) is 2.13. The molecule has 0 spiro atoms. The third-order valence-corrected chi connectivity index (χ3v) is 5.72. The summed E-state index contributed by atoms with van der Waals surface area (Å²) in [6, 6.07) is 23.6. The molecular weight excluding hydrogens is 464 g/mol. The average Bonchev–Trinajstić information content (AvgIpc) is 3.31. The number of ether oxygens (including phenoxy) is 1. The van der Waals surface area contributed by atoms with Gasteiger partial charge in [-0.05, 0) is 55.5 Å². The zero-order valence-electron chi connectivity index (χ0n) is 19.4. The summed E-state index contributed by atoms with van der Waals surface area (Å²) >= 11 is 6.03. The predicted molar refractivity (Wildman–Crippen MR) is 137 cm³/mol. The molecule has 0 aliphatic heterocycles. The van der Waals surface area contributed by atoms with Gasteiger partial charge in [0.05, 0.1) is 12.8 Å². The fourth-order valence-corrected chi connectivity index (χ4v) is 3.72. The van der Waals surface area contributed by atoms with E-state index in [0.29, 0.717) is 28.8 Å². The molecule has 1 aromatic heterocycles. The highest BCUT2D eigenvalue weighted by Gasteiger charge is 2.19. The highest BCUT2D eigenvalue weighted by Crippen LogP contribution is 2.26. The number of nitrogens with zero attached hydrogens (tertiary/aromatic N) is 3. The quantitative estimate of drug-likeness (QED) is 0.365. The highest BCUT2D eigenvalue weighted by atomic mass is 35.5. The summed E-state index contributed by atoms with van der Waals surface area (Å²) < 4.78 is 7.04. The van der Waals surface area contributed by atoms with Gasteiger partial charge in [-0.15, -0.1) is 0 Å². The van der Waals surface area contributed by atoms with Crippen LogP contribution in [0.3, 0.4) is 0 Å². The normalized spacial score (nSPS) is 10.6. The van der Waals surface area contributed by atoms with Crippen LogP contribution in [0.5, 0.6) is 5.75 Å². The molecule has 35 heavy (non-hydrogen) atoms. The van der Waals surface area contributed by atoms with E-state index in [9.17, 15) is 9.59 Å². The number of likely N-dealkylation sites (N-methyl/N-ethyl adjacent to an activating group) is 1. The number of imidazole rings is 1. The Kier molecular flexibility index (Phi) is 7.48. The number of carbonyl (C=O) groups excluding carboxylic acids is 2. The maximum atomic E-state index is 13.0. The molecule has 0 atom stereocenters. The zero-order valence-corrected chi connectivity index (χ0v) is 20.2. The van der Waals surface area contributed by atoms with Gasteiger partial charge in [0.1, 0.15) is 12.3 Å². The molecule has 0 bridgehead atoms. The van der Waals surface area contributed by atoms with E-state index in [1.807, 2.05) is 55.6 Å². The third kappa shape index (κ3) is 5.70. The molecular formula is C27H25ClN4O3. The topological polar surface area (TPSA) is 76.5 Å². The van der Waals surface area contributed by atoms with Crippen molar-refractivity contribution in [3.63, 3.8) is 0 Å². The van der Waals surface area contributed by atoms with Crippen LogP contribution in [0.1, 0.15) is 17.3 Å². The smallest absolute Gasteiger partial charge is 0.254 e. The molecule has 3 aromatic carbocycles. The Hall–Kier alpha value is -4.10. The van der Waals surface area contributed by atoms with E-state index in [-0.39, 0.29) is 18.4 Å². The summed E-state index contributed by atoms with van der Waals surface area (Å²) in [5.74, 6) is 0.506. The number of anilines is 1. The average molecular weight is 489 g/mol. The van der Waals surface area contributed by atoms with E-state index >= 15 is 0 Å². The van der Waals surface area contributed by atoms with Crippen molar-refractivity contribution in [1.29, 1.82) is 0 Å². The number of amides is 2. The Bertz CT molecular complexity index is 1300. The van der Waals surface area contributed by atoms with Crippen molar-refractivity contribution in [2.75, 3.05) is 25.5 Å². The summed E-state index contributed by atoms with van der Waals surface area (Å²) in [4.78, 5) is 32.0. The van der Waals surface area contributed by atoms with Crippen molar-refractivity contribution in [2.45, 2.75) is 6.92 Å². The molecule has 0 fully saturated rings. The fourth-order valence-electron chi connectivity index (χ4n) is 3.60. The molecule has 0 aliphatic carbocycles. The zero-order chi connectivity index (χ0) is 24.8. The molecule has 0 saturated carbocycles. The first-order chi connectivity index (χ1) is 17.0. The van der Waals surface area contributed by atoms with E-state index < -0.39 is 0 Å². The molecule has 0 radical (unpaired) electrons. The maximum Gasteiger partial charge on any atom is 0.254 e. The third-order valence-electron chi connectivity index (χ3n) is 5.47. The second-order valence-electron chi connectivity index (χ2n) is 7.76. The van der Waals surface area contributed by atoms with Crippen LogP contribution < -0.4 is 10.1 Å². The fraction of sp³-hybridized carbons (Fsp3) is 0.148. The first-order valence-corrected chi connectivity index (χ1v) is 11.5. The molecule has 2 amide bonds. The van der Waals surface area contributed by atoms with Gasteiger partial charge in [0.25, 0.3) is 5.91 Å². The van der Waals surface area contributed by atoms with Crippen LogP contribution in [-0.2, 0) is 4.79 Å². The lowest BCUT2D eigenvalue weighted by Gasteiger charge is -2.20. The van der Waals surface area contributed by atoms with Crippen molar-refractivity contribution in [2.24, 2.45) is 0 Å². The monoisotopic (exact) mass is 488 g/mol. The minimum Gasteiger partial charge on any atom is -0.497 e. The summed E-state index contributed by atoms with van der Waals surface area (Å²) in [5, 5.41) is 3.50. The van der Waals surface area contributed by atoms with Crippen LogP contribution in [0.25, 0.3) is 16.9 Å². The van der Waals surface area contributed by atoms with Crippen molar-refractivity contribution < 1.29 is 14.3 Å². The first-order valence-electron chi connectivity index (χ1n) is 11.1. The van der Waals surface area contributed by atoms with Gasteiger partial charge in [-0.2, -0.15) is 0 Å². The number of hydrogen-bond acceptors (Lipinski definition) is 4. The van der Waals surface area contributed by atoms with E-state index in [1.54, 1.807) is 48.1 Å². The van der Waals surface area contributed by atoms with Crippen LogP contribution in [0.15, 0.2) is 85.1 Å². The van der Waals surface area contributed by atoms with E-state index in [4.69, 9.17) is 16.3 Å². The van der Waals surface area contributed by atoms with Crippen LogP contribution in [-0.4, -0.2) is 46.5 Å². The Balaban J connectivity index is 1.60. The number of nitrogens with one attached hydrogen (secondary N) is 1. The van der Waals surface area contributed by atoms with E-state index in [1.165, 1.54) is 4.90 Å². The lowest BCUT2D eigenvalue weighted by Crippen LogP contribution is -2.38. The number of hydrogen-bond donors (Lipinski definition) is 1. The number of halogens is 1. The first kappa shape index (κ1) is 24.0. The molecule has 0 saturated heterocycles. The summed E-state index contributed by atoms with van der Waals surface area (Å²) in [7, 11) is 1.60. The number of methoxy groups -OCH3 is 1. The molecule has 0 unspecified atom stereocenters. The Morgan fingerprint density at radius 2 is 1.69 bits per heavy atom. The number of rotatable bonds is 8. The van der Waals surface area contributed by atoms with Gasteiger partial charge in [-0.3, -0.25) is 19.5 Å². The number of aromatic nitrogens is 2. The van der Waals surface area contributed by atoms with Gasteiger partial charge >= 0.3 is 0 Å². The van der Waals surface area contributed by atoms with Gasteiger partial charge in [-0.25, -0.2) is 4.98 Å². The van der Waals surface area contributed by atoms with Crippen molar-refractivity contribution in [3.05, 3.63) is 95.6 Å². The van der Waals surface area contributed by atoms with Crippen molar-refractivity contribution in [3.8, 4) is 22.7 Å². The van der Waals surface area contributed by atoms with Gasteiger partial charge in [0.2, 0.25) is 11.9 Å². The lowest BCUT2D eigenvalue weighted by molar-refractivity contribution is -0.116. The second-order valence-corrected chi connectivity index (χ2v) is 8.19. The largest absolute Gasteiger partial charge is 0.497 e. The van der Waals surface area contributed by atoms with Crippen LogP contribution in [0.2, 0.25) is 5.02 Å². The predicted octanol–water partition coefficient (Wildman–Crippen LogP) is 5.30. The molecule has 7 nitrogen and oxygen atoms in total. The van der Waals surface area contributed by atoms with Crippen molar-refractivity contribution in [1.82, 2.24) is 14.5 Å². The van der Waals surface area contributed by atoms with E-state index in [2.05, 4.69) is 10.3 Å². The molecule has 0 aliphatic rings. The van der Waals surface area contributed by atoms with Gasteiger partial charge in [0, 0.05) is 34.6 Å². The van der Waals surface area contributed by atoms with Crippen molar-refractivity contribution >= 4 is 29.4 Å². The van der Waals surface area contributed by atoms with Gasteiger partial charge in [-0.1, -0.05) is 41.9 Å². The van der Waals surface area contributed by atoms with Gasteiger partial charge in [0.15, 0.2) is 0 Å². The minimum atomic E-state index is -0.348. The maximum absolute atomic E-state index is 13.0. The summed E-state index contributed by atoms with van der Waals surface area (Å²) in [6.07, 6.45) is 1.84. The van der Waals surface area contributed by atoms with Gasteiger partial charge < -0.3 is 9.64 Å². The molecule has 1 N–H and O–H groups in total. The Labute approximate surface area is 208 Å². The Morgan fingerprint density at radius 3 is 2.31 bits per heavy atom. The molecule has 4 aromatic rings. The van der Waals surface area contributed by atoms with Crippen LogP contribution in [0, 0.1) is 0 Å². The SMILES string of the molecule is CCN(CC(=O)Nc1nc(-c2ccc(Cl)cc2)cn1-c1ccc(OC)cc1)C(=O)c1ccccc1.